The van der Waals surface area contributed by atoms with Gasteiger partial charge in [0.25, 0.3) is 0 Å². The molecule has 1 aromatic carbocycles. The number of esters is 1. The number of hydrogen-bond acceptors (Lipinski definition) is 6. The predicted octanol–water partition coefficient (Wildman–Crippen LogP) is 2.37. The molecule has 2 N–H and O–H groups in total. The van der Waals surface area contributed by atoms with Gasteiger partial charge in [-0.25, -0.2) is 15.0 Å². The molecule has 25 heavy (non-hydrogen) atoms. The normalized spacial score (nSPS) is 14.3. The first-order chi connectivity index (χ1) is 12.0. The highest BCUT2D eigenvalue weighted by Gasteiger charge is 2.27. The summed E-state index contributed by atoms with van der Waals surface area (Å²) in [5.74, 6) is -0.569. The molecule has 0 radical (unpaired) electrons. The molecular formula is C18H25N3O4. The van der Waals surface area contributed by atoms with Gasteiger partial charge >= 0.3 is 12.1 Å². The molecule has 1 amide bonds. The Morgan fingerprint density at radius 3 is 2.80 bits per heavy atom. The topological polar surface area (TPSA) is 79.9 Å². The molecule has 1 unspecified atom stereocenters. The number of hydrazine groups is 1. The zero-order valence-corrected chi connectivity index (χ0v) is 14.9. The van der Waals surface area contributed by atoms with E-state index in [1.54, 1.807) is 18.1 Å². The average molecular weight is 347 g/mol. The van der Waals surface area contributed by atoms with Crippen LogP contribution in [0.5, 0.6) is 0 Å². The molecule has 0 aromatic heterocycles. The van der Waals surface area contributed by atoms with E-state index >= 15 is 0 Å². The van der Waals surface area contributed by atoms with E-state index in [9.17, 15) is 9.59 Å². The molecule has 0 saturated carbocycles. The lowest BCUT2D eigenvalue weighted by Gasteiger charge is -2.23. The lowest BCUT2D eigenvalue weighted by Crippen LogP contribution is -2.43. The quantitative estimate of drug-likeness (QED) is 0.737. The van der Waals surface area contributed by atoms with E-state index in [1.165, 1.54) is 0 Å². The van der Waals surface area contributed by atoms with Crippen LogP contribution in [0.15, 0.2) is 30.5 Å². The van der Waals surface area contributed by atoms with Crippen molar-refractivity contribution in [2.45, 2.75) is 33.3 Å². The van der Waals surface area contributed by atoms with Crippen LogP contribution < -0.4 is 10.7 Å². The van der Waals surface area contributed by atoms with Crippen molar-refractivity contribution in [2.24, 2.45) is 0 Å². The second kappa shape index (κ2) is 9.08. The van der Waals surface area contributed by atoms with Gasteiger partial charge in [-0.15, -0.1) is 0 Å². The lowest BCUT2D eigenvalue weighted by molar-refractivity contribution is -0.153. The Labute approximate surface area is 147 Å². The molecule has 0 bridgehead atoms. The van der Waals surface area contributed by atoms with Crippen LogP contribution in [0.2, 0.25) is 0 Å². The first-order valence-electron chi connectivity index (χ1n) is 8.44. The molecule has 7 heteroatoms. The highest BCUT2D eigenvalue weighted by Crippen LogP contribution is 2.21. The number of rotatable bonds is 7. The summed E-state index contributed by atoms with van der Waals surface area (Å²) in [6, 6.07) is 5.80. The number of nitrogens with one attached hydrogen (secondary N) is 2. The Kier molecular flexibility index (Phi) is 6.82. The van der Waals surface area contributed by atoms with E-state index in [2.05, 4.69) is 10.7 Å². The molecule has 0 saturated heterocycles. The number of aryl methyl sites for hydroxylation is 2. The van der Waals surface area contributed by atoms with Gasteiger partial charge in [-0.1, -0.05) is 31.2 Å². The van der Waals surface area contributed by atoms with Crippen molar-refractivity contribution in [1.29, 1.82) is 0 Å². The molecule has 1 heterocycles. The third kappa shape index (κ3) is 5.22. The van der Waals surface area contributed by atoms with Crippen molar-refractivity contribution in [3.8, 4) is 0 Å². The van der Waals surface area contributed by atoms with E-state index in [4.69, 9.17) is 9.47 Å². The van der Waals surface area contributed by atoms with Crippen molar-refractivity contribution in [1.82, 2.24) is 10.4 Å². The number of anilines is 1. The fraction of sp³-hybridized carbons (Fsp3) is 0.444. The largest absolute Gasteiger partial charge is 0.463 e. The molecule has 0 spiro atoms. The van der Waals surface area contributed by atoms with Crippen LogP contribution in [0.3, 0.4) is 0 Å². The van der Waals surface area contributed by atoms with E-state index in [1.807, 2.05) is 38.1 Å². The third-order valence-corrected chi connectivity index (χ3v) is 3.83. The fourth-order valence-electron chi connectivity index (χ4n) is 2.56. The van der Waals surface area contributed by atoms with Crippen molar-refractivity contribution >= 4 is 17.7 Å². The number of carbonyl (C=O) groups excluding carboxylic acids is 2. The molecule has 1 aliphatic rings. The number of amides is 1. The second-order valence-electron chi connectivity index (χ2n) is 5.63. The van der Waals surface area contributed by atoms with Crippen LogP contribution in [-0.4, -0.2) is 42.9 Å². The van der Waals surface area contributed by atoms with Gasteiger partial charge in [0.1, 0.15) is 0 Å². The SMILES string of the molecule is CCOC(=O)C(CN1C=CCN1)OC(=O)Nc1c(C)cccc1CC. The van der Waals surface area contributed by atoms with Crippen LogP contribution in [0.1, 0.15) is 25.0 Å². The van der Waals surface area contributed by atoms with Crippen molar-refractivity contribution < 1.29 is 19.1 Å². The van der Waals surface area contributed by atoms with Crippen LogP contribution in [0.4, 0.5) is 10.5 Å². The number of benzene rings is 1. The van der Waals surface area contributed by atoms with Gasteiger partial charge in [-0.05, 0) is 31.4 Å². The Bertz CT molecular complexity index is 645. The number of hydrogen-bond donors (Lipinski definition) is 2. The second-order valence-corrected chi connectivity index (χ2v) is 5.63. The van der Waals surface area contributed by atoms with Crippen molar-refractivity contribution in [3.63, 3.8) is 0 Å². The minimum absolute atomic E-state index is 0.178. The first kappa shape index (κ1) is 18.8. The maximum absolute atomic E-state index is 12.3. The molecule has 0 fully saturated rings. The minimum atomic E-state index is -1.02. The Morgan fingerprint density at radius 2 is 2.16 bits per heavy atom. The standard InChI is InChI=1S/C18H25N3O4/c1-4-14-9-6-8-13(3)16(14)20-18(23)25-15(17(22)24-5-2)12-21-11-7-10-19-21/h6-9,11,15,19H,4-5,10,12H2,1-3H3,(H,20,23). The van der Waals surface area contributed by atoms with E-state index in [0.29, 0.717) is 6.54 Å². The fourth-order valence-corrected chi connectivity index (χ4v) is 2.56. The van der Waals surface area contributed by atoms with E-state index < -0.39 is 18.2 Å². The summed E-state index contributed by atoms with van der Waals surface area (Å²) in [5.41, 5.74) is 5.70. The zero-order valence-electron chi connectivity index (χ0n) is 14.9. The van der Waals surface area contributed by atoms with Gasteiger partial charge in [0, 0.05) is 12.7 Å². The molecule has 1 aliphatic heterocycles. The van der Waals surface area contributed by atoms with Crippen LogP contribution in [-0.2, 0) is 20.7 Å². The van der Waals surface area contributed by atoms with Crippen LogP contribution in [0.25, 0.3) is 0 Å². The summed E-state index contributed by atoms with van der Waals surface area (Å²) in [5, 5.41) is 4.45. The van der Waals surface area contributed by atoms with Gasteiger partial charge in [-0.2, -0.15) is 0 Å². The zero-order chi connectivity index (χ0) is 18.2. The summed E-state index contributed by atoms with van der Waals surface area (Å²) < 4.78 is 10.4. The molecule has 2 rings (SSSR count). The maximum atomic E-state index is 12.3. The third-order valence-electron chi connectivity index (χ3n) is 3.83. The monoisotopic (exact) mass is 347 g/mol. The maximum Gasteiger partial charge on any atom is 0.412 e. The van der Waals surface area contributed by atoms with Crippen molar-refractivity contribution in [3.05, 3.63) is 41.6 Å². The predicted molar refractivity (Wildman–Crippen MR) is 94.9 cm³/mol. The molecular weight excluding hydrogens is 322 g/mol. The molecule has 0 aliphatic carbocycles. The average Bonchev–Trinajstić information content (AvgIpc) is 3.09. The summed E-state index contributed by atoms with van der Waals surface area (Å²) in [6.07, 6.45) is 2.78. The number of para-hydroxylation sites is 1. The highest BCUT2D eigenvalue weighted by molar-refractivity contribution is 5.89. The van der Waals surface area contributed by atoms with Crippen molar-refractivity contribution in [2.75, 3.05) is 25.0 Å². The molecule has 1 aromatic rings. The Morgan fingerprint density at radius 1 is 1.36 bits per heavy atom. The van der Waals surface area contributed by atoms with Gasteiger partial charge in [0.05, 0.1) is 18.8 Å². The number of carbonyl (C=O) groups is 2. The molecule has 7 nitrogen and oxygen atoms in total. The summed E-state index contributed by atoms with van der Waals surface area (Å²) >= 11 is 0. The van der Waals surface area contributed by atoms with Gasteiger partial charge in [0.2, 0.25) is 6.10 Å². The summed E-state index contributed by atoms with van der Waals surface area (Å²) in [6.45, 7) is 6.71. The molecule has 136 valence electrons. The minimum Gasteiger partial charge on any atom is -0.463 e. The van der Waals surface area contributed by atoms with Gasteiger partial charge in [0.15, 0.2) is 0 Å². The van der Waals surface area contributed by atoms with Gasteiger partial charge in [-0.3, -0.25) is 5.32 Å². The Balaban J connectivity index is 2.05. The van der Waals surface area contributed by atoms with E-state index in [0.717, 1.165) is 23.2 Å². The first-order valence-corrected chi connectivity index (χ1v) is 8.44. The van der Waals surface area contributed by atoms with E-state index in [-0.39, 0.29) is 13.2 Å². The smallest absolute Gasteiger partial charge is 0.412 e. The summed E-state index contributed by atoms with van der Waals surface area (Å²) in [7, 11) is 0. The Hall–Kier alpha value is -2.54. The lowest BCUT2D eigenvalue weighted by atomic mass is 10.1. The number of nitrogens with zero attached hydrogens (tertiary/aromatic N) is 1. The highest BCUT2D eigenvalue weighted by atomic mass is 16.6. The van der Waals surface area contributed by atoms with Crippen LogP contribution in [0, 0.1) is 6.92 Å². The number of ether oxygens (including phenoxy) is 2. The van der Waals surface area contributed by atoms with Crippen LogP contribution >= 0.6 is 0 Å². The van der Waals surface area contributed by atoms with Gasteiger partial charge < -0.3 is 14.5 Å². The molecule has 1 atom stereocenters. The summed E-state index contributed by atoms with van der Waals surface area (Å²) in [4.78, 5) is 24.4.